The number of rotatable bonds is 14. The fraction of sp³-hybridized carbons (Fsp3) is 0.714. The molecule has 0 fully saturated rings. The Hall–Kier alpha value is -0.900. The summed E-state index contributed by atoms with van der Waals surface area (Å²) >= 11 is 0. The molecular weight excluding hydrogens is 300 g/mol. The van der Waals surface area contributed by atoms with Crippen LogP contribution in [0.1, 0.15) is 63.9 Å². The van der Waals surface area contributed by atoms with E-state index in [1.54, 1.807) is 21.3 Å². The third-order valence-corrected chi connectivity index (χ3v) is 4.88. The molecule has 0 aliphatic carbocycles. The summed E-state index contributed by atoms with van der Waals surface area (Å²) in [6.07, 6.45) is 10.8. The van der Waals surface area contributed by atoms with Gasteiger partial charge < -0.3 is 14.2 Å². The van der Waals surface area contributed by atoms with E-state index < -0.39 is 5.97 Å². The van der Waals surface area contributed by atoms with Gasteiger partial charge in [0.25, 0.3) is 5.97 Å². The van der Waals surface area contributed by atoms with Crippen molar-refractivity contribution in [3.63, 3.8) is 0 Å². The van der Waals surface area contributed by atoms with Crippen molar-refractivity contribution in [3.8, 4) is 0 Å². The molecule has 0 saturated carbocycles. The SMILES string of the molecule is CCCCCCCCC(CCc1ccccc1)C(OC)(OC)OC. The summed E-state index contributed by atoms with van der Waals surface area (Å²) in [5.41, 5.74) is 1.35. The molecule has 138 valence electrons. The maximum absolute atomic E-state index is 5.64. The van der Waals surface area contributed by atoms with E-state index in [9.17, 15) is 0 Å². The van der Waals surface area contributed by atoms with Crippen LogP contribution in [0.3, 0.4) is 0 Å². The van der Waals surface area contributed by atoms with E-state index in [0.717, 1.165) is 19.3 Å². The number of hydrogen-bond acceptors (Lipinski definition) is 3. The summed E-state index contributed by atoms with van der Waals surface area (Å²) in [4.78, 5) is 0. The van der Waals surface area contributed by atoms with E-state index >= 15 is 0 Å². The minimum Gasteiger partial charge on any atom is -0.331 e. The van der Waals surface area contributed by atoms with Gasteiger partial charge in [0.15, 0.2) is 0 Å². The van der Waals surface area contributed by atoms with Gasteiger partial charge in [0.2, 0.25) is 0 Å². The van der Waals surface area contributed by atoms with Crippen LogP contribution in [-0.2, 0) is 20.6 Å². The fourth-order valence-corrected chi connectivity index (χ4v) is 3.40. The average molecular weight is 337 g/mol. The standard InChI is InChI=1S/C21H36O3/c1-5-6-7-8-9-13-16-20(21(22-2,23-3)24-4)18-17-19-14-11-10-12-15-19/h10-12,14-15,20H,5-9,13,16-18H2,1-4H3. The minimum atomic E-state index is -0.932. The van der Waals surface area contributed by atoms with Gasteiger partial charge >= 0.3 is 0 Å². The third kappa shape index (κ3) is 6.92. The van der Waals surface area contributed by atoms with Crippen LogP contribution < -0.4 is 0 Å². The van der Waals surface area contributed by atoms with Crippen LogP contribution in [0.4, 0.5) is 0 Å². The zero-order valence-corrected chi connectivity index (χ0v) is 16.1. The van der Waals surface area contributed by atoms with Crippen molar-refractivity contribution in [2.75, 3.05) is 21.3 Å². The Kier molecular flexibility index (Phi) is 11.0. The Morgan fingerprint density at radius 3 is 1.96 bits per heavy atom. The highest BCUT2D eigenvalue weighted by molar-refractivity contribution is 5.14. The first-order valence-corrected chi connectivity index (χ1v) is 9.41. The lowest BCUT2D eigenvalue weighted by molar-refractivity contribution is -0.380. The van der Waals surface area contributed by atoms with E-state index in [1.165, 1.54) is 44.1 Å². The Morgan fingerprint density at radius 2 is 1.38 bits per heavy atom. The van der Waals surface area contributed by atoms with Crippen molar-refractivity contribution in [1.29, 1.82) is 0 Å². The van der Waals surface area contributed by atoms with Crippen molar-refractivity contribution in [2.24, 2.45) is 5.92 Å². The number of ether oxygens (including phenoxy) is 3. The second kappa shape index (κ2) is 12.5. The summed E-state index contributed by atoms with van der Waals surface area (Å²) < 4.78 is 16.9. The van der Waals surface area contributed by atoms with Gasteiger partial charge in [0, 0.05) is 27.2 Å². The molecule has 24 heavy (non-hydrogen) atoms. The van der Waals surface area contributed by atoms with Crippen LogP contribution in [0, 0.1) is 5.92 Å². The first-order valence-electron chi connectivity index (χ1n) is 9.41. The molecule has 1 aromatic rings. The molecule has 0 N–H and O–H groups in total. The molecule has 1 aromatic carbocycles. The van der Waals surface area contributed by atoms with Crippen LogP contribution in [0.15, 0.2) is 30.3 Å². The van der Waals surface area contributed by atoms with Gasteiger partial charge in [-0.1, -0.05) is 75.8 Å². The molecule has 3 heteroatoms. The second-order valence-electron chi connectivity index (χ2n) is 6.49. The van der Waals surface area contributed by atoms with E-state index in [0.29, 0.717) is 0 Å². The average Bonchev–Trinajstić information content (AvgIpc) is 2.64. The van der Waals surface area contributed by atoms with Crippen molar-refractivity contribution in [3.05, 3.63) is 35.9 Å². The highest BCUT2D eigenvalue weighted by Gasteiger charge is 2.39. The maximum Gasteiger partial charge on any atom is 0.285 e. The number of unbranched alkanes of at least 4 members (excludes halogenated alkanes) is 5. The number of methoxy groups -OCH3 is 3. The monoisotopic (exact) mass is 336 g/mol. The lowest BCUT2D eigenvalue weighted by Crippen LogP contribution is -2.44. The molecule has 0 aromatic heterocycles. The van der Waals surface area contributed by atoms with E-state index in [1.807, 2.05) is 0 Å². The van der Waals surface area contributed by atoms with Crippen molar-refractivity contribution in [2.45, 2.75) is 70.7 Å². The summed E-state index contributed by atoms with van der Waals surface area (Å²) in [6, 6.07) is 10.6. The minimum absolute atomic E-state index is 0.226. The van der Waals surface area contributed by atoms with Gasteiger partial charge in [-0.15, -0.1) is 0 Å². The van der Waals surface area contributed by atoms with Crippen LogP contribution >= 0.6 is 0 Å². The van der Waals surface area contributed by atoms with E-state index in [4.69, 9.17) is 14.2 Å². The molecule has 0 spiro atoms. The van der Waals surface area contributed by atoms with E-state index in [2.05, 4.69) is 37.3 Å². The van der Waals surface area contributed by atoms with Crippen molar-refractivity contribution >= 4 is 0 Å². The van der Waals surface area contributed by atoms with Gasteiger partial charge in [-0.3, -0.25) is 0 Å². The van der Waals surface area contributed by atoms with Crippen molar-refractivity contribution < 1.29 is 14.2 Å². The number of aryl methyl sites for hydroxylation is 1. The molecule has 1 atom stereocenters. The lowest BCUT2D eigenvalue weighted by Gasteiger charge is -2.36. The molecule has 0 radical (unpaired) electrons. The zero-order chi connectivity index (χ0) is 17.7. The Morgan fingerprint density at radius 1 is 0.792 bits per heavy atom. The molecular formula is C21H36O3. The van der Waals surface area contributed by atoms with Crippen molar-refractivity contribution in [1.82, 2.24) is 0 Å². The Balaban J connectivity index is 2.58. The highest BCUT2D eigenvalue weighted by Crippen LogP contribution is 2.32. The molecule has 0 saturated heterocycles. The largest absolute Gasteiger partial charge is 0.331 e. The van der Waals surface area contributed by atoms with Crippen LogP contribution in [-0.4, -0.2) is 27.3 Å². The molecule has 3 nitrogen and oxygen atoms in total. The molecule has 0 aliphatic rings. The summed E-state index contributed by atoms with van der Waals surface area (Å²) in [7, 11) is 5.01. The third-order valence-electron chi connectivity index (χ3n) is 4.88. The van der Waals surface area contributed by atoms with Crippen LogP contribution in [0.5, 0.6) is 0 Å². The molecule has 0 amide bonds. The smallest absolute Gasteiger partial charge is 0.285 e. The van der Waals surface area contributed by atoms with Crippen LogP contribution in [0.25, 0.3) is 0 Å². The Labute approximate surface area is 148 Å². The molecule has 0 heterocycles. The number of benzene rings is 1. The second-order valence-corrected chi connectivity index (χ2v) is 6.49. The predicted molar refractivity (Wildman–Crippen MR) is 100 cm³/mol. The van der Waals surface area contributed by atoms with Gasteiger partial charge in [-0.25, -0.2) is 0 Å². The lowest BCUT2D eigenvalue weighted by atomic mass is 9.91. The highest BCUT2D eigenvalue weighted by atomic mass is 16.9. The van der Waals surface area contributed by atoms with Gasteiger partial charge in [-0.2, -0.15) is 0 Å². The summed E-state index contributed by atoms with van der Waals surface area (Å²) in [6.45, 7) is 2.25. The number of hydrogen-bond donors (Lipinski definition) is 0. The zero-order valence-electron chi connectivity index (χ0n) is 16.1. The fourth-order valence-electron chi connectivity index (χ4n) is 3.40. The molecule has 0 aliphatic heterocycles. The van der Waals surface area contributed by atoms with E-state index in [-0.39, 0.29) is 5.92 Å². The maximum atomic E-state index is 5.64. The van der Waals surface area contributed by atoms with Gasteiger partial charge in [0.1, 0.15) is 0 Å². The molecule has 1 rings (SSSR count). The summed E-state index contributed by atoms with van der Waals surface area (Å²) in [5.74, 6) is -0.707. The predicted octanol–water partition coefficient (Wildman–Crippen LogP) is 5.58. The first-order chi connectivity index (χ1) is 11.7. The van der Waals surface area contributed by atoms with Crippen LogP contribution in [0.2, 0.25) is 0 Å². The Bertz CT molecular complexity index is 393. The topological polar surface area (TPSA) is 27.7 Å². The quantitative estimate of drug-likeness (QED) is 0.328. The van der Waals surface area contributed by atoms with Gasteiger partial charge in [-0.05, 0) is 24.8 Å². The normalized spacial score (nSPS) is 13.2. The van der Waals surface area contributed by atoms with Gasteiger partial charge in [0.05, 0.1) is 0 Å². The molecule has 0 bridgehead atoms. The first kappa shape index (κ1) is 21.1. The summed E-state index contributed by atoms with van der Waals surface area (Å²) in [5, 5.41) is 0. The molecule has 1 unspecified atom stereocenters.